The summed E-state index contributed by atoms with van der Waals surface area (Å²) in [5.74, 6) is -3.01. The highest BCUT2D eigenvalue weighted by molar-refractivity contribution is 5.74. The molecule has 0 aliphatic heterocycles. The maximum atomic E-state index is 12.9. The number of aromatic nitrogens is 1. The maximum Gasteiger partial charge on any atom is 0.430 e. The number of nitrogens with zero attached hydrogens (tertiary/aromatic N) is 1. The molecular formula is C11H7F4NO2. The molecule has 96 valence electrons. The molecule has 0 N–H and O–H groups in total. The van der Waals surface area contributed by atoms with Gasteiger partial charge in [0.2, 0.25) is 6.20 Å². The van der Waals surface area contributed by atoms with Crippen LogP contribution in [-0.4, -0.2) is 12.1 Å². The zero-order chi connectivity index (χ0) is 13.8. The average Bonchev–Trinajstić information content (AvgIpc) is 2.29. The van der Waals surface area contributed by atoms with Gasteiger partial charge in [0.05, 0.1) is 9.87 Å². The lowest BCUT2D eigenvalue weighted by molar-refractivity contribution is -0.822. The third-order valence-electron chi connectivity index (χ3n) is 1.89. The second-order valence-corrected chi connectivity index (χ2v) is 3.16. The van der Waals surface area contributed by atoms with Gasteiger partial charge in [-0.25, -0.2) is 0 Å². The van der Waals surface area contributed by atoms with Crippen molar-refractivity contribution in [2.75, 3.05) is 0 Å². The van der Waals surface area contributed by atoms with Gasteiger partial charge in [-0.05, 0) is 12.1 Å². The van der Waals surface area contributed by atoms with Crippen molar-refractivity contribution < 1.29 is 32.3 Å². The summed E-state index contributed by atoms with van der Waals surface area (Å²) in [4.78, 5) is 9.41. The van der Waals surface area contributed by atoms with Crippen molar-refractivity contribution in [3.8, 4) is 0 Å². The van der Waals surface area contributed by atoms with E-state index in [2.05, 4.69) is 0 Å². The number of fused-ring (bicyclic) bond motifs is 1. The van der Waals surface area contributed by atoms with Gasteiger partial charge in [-0.3, -0.25) is 0 Å². The molecule has 2 aromatic rings. The van der Waals surface area contributed by atoms with Crippen molar-refractivity contribution in [3.63, 3.8) is 0 Å². The van der Waals surface area contributed by atoms with E-state index in [0.717, 1.165) is 5.39 Å². The number of carboxylic acids is 1. The number of carbonyl (C=O) groups excluding carboxylic acids is 1. The van der Waals surface area contributed by atoms with Gasteiger partial charge in [0.15, 0.2) is 0 Å². The zero-order valence-corrected chi connectivity index (χ0v) is 8.82. The number of aliphatic carboxylic acids is 1. The standard InChI is InChI=1S/C9H7FN.C2HF3O2/c10-11-7-3-5-8-4-1-2-6-9(8)11;3-2(4,5)1(6)7/h1-7H;(H,6,7)/q+1;/p-1. The van der Waals surface area contributed by atoms with Gasteiger partial charge in [-0.1, -0.05) is 12.1 Å². The quantitative estimate of drug-likeness (QED) is 0.668. The first-order chi connectivity index (χ1) is 8.32. The molecule has 0 aliphatic carbocycles. The van der Waals surface area contributed by atoms with E-state index in [1.165, 1.54) is 6.20 Å². The number of hydrogen-bond acceptors (Lipinski definition) is 2. The van der Waals surface area contributed by atoms with Crippen LogP contribution in [0.2, 0.25) is 0 Å². The van der Waals surface area contributed by atoms with E-state index in [9.17, 15) is 17.7 Å². The van der Waals surface area contributed by atoms with Crippen molar-refractivity contribution >= 4 is 16.9 Å². The van der Waals surface area contributed by atoms with Crippen LogP contribution in [0.4, 0.5) is 17.7 Å². The predicted octanol–water partition coefficient (Wildman–Crippen LogP) is 1.16. The van der Waals surface area contributed by atoms with E-state index in [1.807, 2.05) is 24.3 Å². The van der Waals surface area contributed by atoms with Gasteiger partial charge in [-0.15, -0.1) is 0 Å². The monoisotopic (exact) mass is 261 g/mol. The van der Waals surface area contributed by atoms with Crippen molar-refractivity contribution in [2.24, 2.45) is 0 Å². The molecule has 2 rings (SSSR count). The van der Waals surface area contributed by atoms with E-state index < -0.39 is 12.1 Å². The van der Waals surface area contributed by atoms with Crippen LogP contribution in [0, 0.1) is 0 Å². The Morgan fingerprint density at radius 1 is 1.11 bits per heavy atom. The van der Waals surface area contributed by atoms with Gasteiger partial charge in [0.1, 0.15) is 5.97 Å². The van der Waals surface area contributed by atoms with Gasteiger partial charge in [-0.2, -0.15) is 13.2 Å². The Balaban J connectivity index is 0.000000203. The smallest absolute Gasteiger partial charge is 0.430 e. The van der Waals surface area contributed by atoms with Gasteiger partial charge >= 0.3 is 6.18 Å². The number of hydrogen-bond donors (Lipinski definition) is 0. The number of rotatable bonds is 0. The fourth-order valence-electron chi connectivity index (χ4n) is 1.13. The lowest BCUT2D eigenvalue weighted by atomic mass is 10.2. The molecule has 0 aliphatic rings. The Kier molecular flexibility index (Phi) is 4.19. The summed E-state index contributed by atoms with van der Waals surface area (Å²) in [7, 11) is 0. The first-order valence-electron chi connectivity index (χ1n) is 4.66. The van der Waals surface area contributed by atoms with Crippen LogP contribution in [0.3, 0.4) is 0 Å². The van der Waals surface area contributed by atoms with Crippen LogP contribution in [-0.2, 0) is 4.79 Å². The second kappa shape index (κ2) is 5.44. The highest BCUT2D eigenvalue weighted by Gasteiger charge is 2.28. The fraction of sp³-hybridized carbons (Fsp3) is 0.0909. The molecular weight excluding hydrogens is 254 g/mol. The van der Waals surface area contributed by atoms with Crippen molar-refractivity contribution in [2.45, 2.75) is 6.18 Å². The summed E-state index contributed by atoms with van der Waals surface area (Å²) < 4.78 is 44.5. The van der Waals surface area contributed by atoms with E-state index in [0.29, 0.717) is 10.3 Å². The topological polar surface area (TPSA) is 44.0 Å². The number of para-hydroxylation sites is 1. The number of carboxylic acid groups (broad SMARTS) is 1. The van der Waals surface area contributed by atoms with Crippen molar-refractivity contribution in [1.82, 2.24) is 0 Å². The zero-order valence-electron chi connectivity index (χ0n) is 8.82. The third-order valence-corrected chi connectivity index (χ3v) is 1.89. The second-order valence-electron chi connectivity index (χ2n) is 3.16. The molecule has 0 bridgehead atoms. The van der Waals surface area contributed by atoms with Crippen LogP contribution in [0.25, 0.3) is 10.9 Å². The molecule has 7 heteroatoms. The molecule has 0 saturated carbocycles. The molecule has 0 fully saturated rings. The Hall–Kier alpha value is -2.18. The molecule has 0 radical (unpaired) electrons. The fourth-order valence-corrected chi connectivity index (χ4v) is 1.13. The van der Waals surface area contributed by atoms with Crippen LogP contribution in [0.1, 0.15) is 0 Å². The molecule has 0 spiro atoms. The SMILES string of the molecule is F[n+]1cccc2ccccc21.O=C([O-])C(F)(F)F. The summed E-state index contributed by atoms with van der Waals surface area (Å²) in [5, 5.41) is 9.70. The third kappa shape index (κ3) is 3.69. The molecule has 1 aromatic carbocycles. The first kappa shape index (κ1) is 13.9. The highest BCUT2D eigenvalue weighted by Crippen LogP contribution is 2.11. The summed E-state index contributed by atoms with van der Waals surface area (Å²) in [6, 6.07) is 10.9. The molecule has 0 unspecified atom stereocenters. The number of carbonyl (C=O) groups is 1. The molecule has 0 amide bonds. The Bertz CT molecular complexity index is 549. The number of pyridine rings is 1. The van der Waals surface area contributed by atoms with E-state index >= 15 is 0 Å². The summed E-state index contributed by atoms with van der Waals surface area (Å²) >= 11 is 0. The minimum atomic E-state index is -5.19. The van der Waals surface area contributed by atoms with Crippen LogP contribution in [0.15, 0.2) is 42.6 Å². The lowest BCUT2D eigenvalue weighted by Crippen LogP contribution is -2.37. The van der Waals surface area contributed by atoms with Gasteiger partial charge in [0, 0.05) is 16.9 Å². The summed E-state index contributed by atoms with van der Waals surface area (Å²) in [5.41, 5.74) is 0.606. The Morgan fingerprint density at radius 2 is 1.61 bits per heavy atom. The van der Waals surface area contributed by atoms with Gasteiger partial charge < -0.3 is 9.90 Å². The highest BCUT2D eigenvalue weighted by atomic mass is 19.4. The van der Waals surface area contributed by atoms with E-state index in [1.54, 1.807) is 12.1 Å². The minimum Gasteiger partial charge on any atom is -0.542 e. The minimum absolute atomic E-state index is 0.606. The Labute approximate surface area is 98.8 Å². The van der Waals surface area contributed by atoms with Crippen LogP contribution >= 0.6 is 0 Å². The van der Waals surface area contributed by atoms with E-state index in [-0.39, 0.29) is 0 Å². The molecule has 18 heavy (non-hydrogen) atoms. The number of alkyl halides is 3. The van der Waals surface area contributed by atoms with Crippen LogP contribution in [0.5, 0.6) is 0 Å². The maximum absolute atomic E-state index is 12.9. The van der Waals surface area contributed by atoms with Gasteiger partial charge in [0.25, 0.3) is 5.52 Å². The predicted molar refractivity (Wildman–Crippen MR) is 51.7 cm³/mol. The summed E-state index contributed by atoms with van der Waals surface area (Å²) in [6.45, 7) is 0. The normalized spacial score (nSPS) is 10.7. The molecule has 1 aromatic heterocycles. The lowest BCUT2D eigenvalue weighted by Gasteiger charge is -2.03. The molecule has 3 nitrogen and oxygen atoms in total. The number of halogens is 4. The molecule has 0 atom stereocenters. The van der Waals surface area contributed by atoms with E-state index in [4.69, 9.17) is 9.90 Å². The van der Waals surface area contributed by atoms with Crippen molar-refractivity contribution in [3.05, 3.63) is 42.6 Å². The molecule has 1 heterocycles. The summed E-state index contributed by atoms with van der Waals surface area (Å²) in [6.07, 6.45) is -3.80. The average molecular weight is 261 g/mol. The Morgan fingerprint density at radius 3 is 2.11 bits per heavy atom. The number of benzene rings is 1. The van der Waals surface area contributed by atoms with Crippen molar-refractivity contribution in [1.29, 1.82) is 0 Å². The molecule has 0 saturated heterocycles. The van der Waals surface area contributed by atoms with Crippen LogP contribution < -0.4 is 9.90 Å². The first-order valence-corrected chi connectivity index (χ1v) is 4.66. The largest absolute Gasteiger partial charge is 0.542 e.